The van der Waals surface area contributed by atoms with Gasteiger partial charge in [-0.2, -0.15) is 0 Å². The van der Waals surface area contributed by atoms with E-state index in [0.717, 1.165) is 12.1 Å². The van der Waals surface area contributed by atoms with Gasteiger partial charge in [-0.1, -0.05) is 34.8 Å². The highest BCUT2D eigenvalue weighted by Crippen LogP contribution is 2.38. The van der Waals surface area contributed by atoms with Gasteiger partial charge in [0.2, 0.25) is 0 Å². The Bertz CT molecular complexity index is 626. The number of rotatable bonds is 2. The second kappa shape index (κ2) is 5.41. The third kappa shape index (κ3) is 3.03. The normalized spacial score (nSPS) is 10.6. The van der Waals surface area contributed by atoms with Crippen LogP contribution in [0.2, 0.25) is 15.1 Å². The van der Waals surface area contributed by atoms with Gasteiger partial charge in [-0.15, -0.1) is 0 Å². The molecule has 0 heterocycles. The van der Waals surface area contributed by atoms with Crippen LogP contribution < -0.4 is 10.5 Å². The van der Waals surface area contributed by atoms with Crippen LogP contribution in [0.5, 0.6) is 11.5 Å². The van der Waals surface area contributed by atoms with E-state index < -0.39 is 17.4 Å². The summed E-state index contributed by atoms with van der Waals surface area (Å²) < 4.78 is 32.2. The van der Waals surface area contributed by atoms with E-state index in [-0.39, 0.29) is 26.5 Å². The first-order chi connectivity index (χ1) is 8.88. The Kier molecular flexibility index (Phi) is 4.04. The molecule has 0 amide bonds. The summed E-state index contributed by atoms with van der Waals surface area (Å²) in [5.41, 5.74) is 5.24. The van der Waals surface area contributed by atoms with Gasteiger partial charge in [0.15, 0.2) is 17.4 Å². The van der Waals surface area contributed by atoms with Gasteiger partial charge in [0.25, 0.3) is 0 Å². The fraction of sp³-hybridized carbons (Fsp3) is 0. The summed E-state index contributed by atoms with van der Waals surface area (Å²) in [5, 5.41) is 0.430. The van der Waals surface area contributed by atoms with E-state index in [2.05, 4.69) is 0 Å². The van der Waals surface area contributed by atoms with Crippen molar-refractivity contribution < 1.29 is 13.5 Å². The minimum absolute atomic E-state index is 0.0151. The number of nitrogen functional groups attached to an aromatic ring is 1. The van der Waals surface area contributed by atoms with Gasteiger partial charge < -0.3 is 10.5 Å². The zero-order valence-electron chi connectivity index (χ0n) is 9.18. The molecule has 0 fully saturated rings. The van der Waals surface area contributed by atoms with Crippen LogP contribution in [0, 0.1) is 11.6 Å². The van der Waals surface area contributed by atoms with Crippen molar-refractivity contribution in [3.8, 4) is 11.5 Å². The maximum Gasteiger partial charge on any atom is 0.198 e. The van der Waals surface area contributed by atoms with Crippen LogP contribution in [0.3, 0.4) is 0 Å². The molecule has 0 saturated heterocycles. The molecule has 2 nitrogen and oxygen atoms in total. The maximum atomic E-state index is 13.6. The Morgan fingerprint density at radius 2 is 1.37 bits per heavy atom. The lowest BCUT2D eigenvalue weighted by molar-refractivity contribution is 0.408. The number of hydrogen-bond acceptors (Lipinski definition) is 2. The molecule has 0 radical (unpaired) electrons. The van der Waals surface area contributed by atoms with Gasteiger partial charge in [0, 0.05) is 23.9 Å². The van der Waals surface area contributed by atoms with Crippen molar-refractivity contribution in [3.63, 3.8) is 0 Å². The predicted molar refractivity (Wildman–Crippen MR) is 72.3 cm³/mol. The third-order valence-electron chi connectivity index (χ3n) is 2.21. The molecule has 0 saturated carbocycles. The second-order valence-electron chi connectivity index (χ2n) is 3.61. The molecule has 0 aliphatic rings. The highest BCUT2D eigenvalue weighted by atomic mass is 35.5. The number of nitrogens with two attached hydrogens (primary N) is 1. The van der Waals surface area contributed by atoms with Crippen LogP contribution in [0.15, 0.2) is 24.3 Å². The topological polar surface area (TPSA) is 35.2 Å². The van der Waals surface area contributed by atoms with E-state index in [1.807, 2.05) is 0 Å². The molecule has 2 aromatic rings. The third-order valence-corrected chi connectivity index (χ3v) is 3.22. The predicted octanol–water partition coefficient (Wildman–Crippen LogP) is 5.30. The first kappa shape index (κ1) is 14.2. The Labute approximate surface area is 122 Å². The Hall–Kier alpha value is -1.23. The van der Waals surface area contributed by atoms with E-state index in [4.69, 9.17) is 45.3 Å². The Morgan fingerprint density at radius 1 is 0.842 bits per heavy atom. The molecule has 0 spiro atoms. The van der Waals surface area contributed by atoms with Crippen LogP contribution in [-0.2, 0) is 0 Å². The summed E-state index contributed by atoms with van der Waals surface area (Å²) in [6.45, 7) is 0. The van der Waals surface area contributed by atoms with E-state index in [0.29, 0.717) is 0 Å². The quantitative estimate of drug-likeness (QED) is 0.601. The van der Waals surface area contributed by atoms with Crippen molar-refractivity contribution in [1.82, 2.24) is 0 Å². The Balaban J connectivity index is 2.45. The van der Waals surface area contributed by atoms with Gasteiger partial charge in [-0.25, -0.2) is 8.78 Å². The van der Waals surface area contributed by atoms with E-state index in [1.165, 1.54) is 12.1 Å². The molecule has 100 valence electrons. The molecule has 2 N–H and O–H groups in total. The van der Waals surface area contributed by atoms with Gasteiger partial charge in [0.1, 0.15) is 5.75 Å². The average molecular weight is 325 g/mol. The number of halogens is 5. The van der Waals surface area contributed by atoms with Gasteiger partial charge in [-0.3, -0.25) is 0 Å². The van der Waals surface area contributed by atoms with Crippen molar-refractivity contribution in [1.29, 1.82) is 0 Å². The highest BCUT2D eigenvalue weighted by Gasteiger charge is 2.15. The standard InChI is InChI=1S/C12H6Cl3F2NO/c13-6-3-8(15)11(4-7(6)14)19-12-9(16)1-5(18)2-10(12)17/h1-4H,18H2. The monoisotopic (exact) mass is 323 g/mol. The van der Waals surface area contributed by atoms with Crippen LogP contribution in [-0.4, -0.2) is 0 Å². The minimum Gasteiger partial charge on any atom is -0.450 e. The first-order valence-electron chi connectivity index (χ1n) is 4.95. The molecule has 0 aliphatic carbocycles. The molecule has 7 heteroatoms. The molecule has 2 rings (SSSR count). The molecule has 2 aromatic carbocycles. The fourth-order valence-corrected chi connectivity index (χ4v) is 1.94. The van der Waals surface area contributed by atoms with E-state index >= 15 is 0 Å². The second-order valence-corrected chi connectivity index (χ2v) is 4.83. The Morgan fingerprint density at radius 3 is 1.95 bits per heavy atom. The number of ether oxygens (including phenoxy) is 1. The summed E-state index contributed by atoms with van der Waals surface area (Å²) in [6.07, 6.45) is 0. The van der Waals surface area contributed by atoms with E-state index in [9.17, 15) is 8.78 Å². The summed E-state index contributed by atoms with van der Waals surface area (Å²) in [6, 6.07) is 4.45. The zero-order chi connectivity index (χ0) is 14.2. The van der Waals surface area contributed by atoms with Crippen LogP contribution in [0.1, 0.15) is 0 Å². The fourth-order valence-electron chi connectivity index (χ4n) is 1.37. The molecule has 0 aromatic heterocycles. The summed E-state index contributed by atoms with van der Waals surface area (Å²) in [4.78, 5) is 0. The molecule has 0 bridgehead atoms. The lowest BCUT2D eigenvalue weighted by atomic mass is 10.2. The molecule has 19 heavy (non-hydrogen) atoms. The van der Waals surface area contributed by atoms with Crippen molar-refractivity contribution in [2.45, 2.75) is 0 Å². The van der Waals surface area contributed by atoms with E-state index in [1.54, 1.807) is 0 Å². The summed E-state index contributed by atoms with van der Waals surface area (Å²) in [5.74, 6) is -2.52. The molecule has 0 atom stereocenters. The average Bonchev–Trinajstić information content (AvgIpc) is 2.29. The van der Waals surface area contributed by atoms with Gasteiger partial charge >= 0.3 is 0 Å². The van der Waals surface area contributed by atoms with Crippen LogP contribution >= 0.6 is 34.8 Å². The lowest BCUT2D eigenvalue weighted by Gasteiger charge is -2.11. The zero-order valence-corrected chi connectivity index (χ0v) is 11.5. The SMILES string of the molecule is Nc1cc(F)c(Oc2cc(Cl)c(Cl)cc2Cl)c(F)c1. The summed E-state index contributed by atoms with van der Waals surface area (Å²) >= 11 is 17.4. The maximum absolute atomic E-state index is 13.6. The van der Waals surface area contributed by atoms with Crippen molar-refractivity contribution in [2.24, 2.45) is 0 Å². The lowest BCUT2D eigenvalue weighted by Crippen LogP contribution is -1.96. The van der Waals surface area contributed by atoms with Crippen molar-refractivity contribution in [3.05, 3.63) is 51.0 Å². The molecular weight excluding hydrogens is 318 g/mol. The van der Waals surface area contributed by atoms with Gasteiger partial charge in [-0.05, 0) is 6.07 Å². The van der Waals surface area contributed by atoms with Gasteiger partial charge in [0.05, 0.1) is 15.1 Å². The molecule has 0 aliphatic heterocycles. The smallest absolute Gasteiger partial charge is 0.198 e. The number of anilines is 1. The van der Waals surface area contributed by atoms with Crippen molar-refractivity contribution in [2.75, 3.05) is 5.73 Å². The van der Waals surface area contributed by atoms with Crippen molar-refractivity contribution >= 4 is 40.5 Å². The number of hydrogen-bond donors (Lipinski definition) is 1. The summed E-state index contributed by atoms with van der Waals surface area (Å²) in [7, 11) is 0. The van der Waals surface area contributed by atoms with Crippen LogP contribution in [0.25, 0.3) is 0 Å². The number of benzene rings is 2. The highest BCUT2D eigenvalue weighted by molar-refractivity contribution is 6.43. The first-order valence-corrected chi connectivity index (χ1v) is 6.09. The largest absolute Gasteiger partial charge is 0.450 e. The van der Waals surface area contributed by atoms with Crippen LogP contribution in [0.4, 0.5) is 14.5 Å². The molecular formula is C12H6Cl3F2NO. The minimum atomic E-state index is -0.945. The molecule has 0 unspecified atom stereocenters.